The van der Waals surface area contributed by atoms with E-state index in [1.165, 1.54) is 0 Å². The first-order chi connectivity index (χ1) is 5.74. The molecular formula is C9H13N2O. The summed E-state index contributed by atoms with van der Waals surface area (Å²) in [5.74, 6) is 0. The molecule has 0 atom stereocenters. The molecule has 1 rings (SSSR count). The zero-order valence-corrected chi connectivity index (χ0v) is 7.12. The van der Waals surface area contributed by atoms with Crippen molar-refractivity contribution in [2.75, 3.05) is 30.8 Å². The maximum atomic E-state index is 8.67. The number of anilines is 2. The van der Waals surface area contributed by atoms with Crippen LogP contribution in [0.2, 0.25) is 0 Å². The van der Waals surface area contributed by atoms with Gasteiger partial charge in [0.15, 0.2) is 0 Å². The van der Waals surface area contributed by atoms with Crippen molar-refractivity contribution in [2.45, 2.75) is 0 Å². The monoisotopic (exact) mass is 165 g/mol. The molecule has 12 heavy (non-hydrogen) atoms. The molecule has 1 aromatic carbocycles. The Balaban J connectivity index is 2.68. The van der Waals surface area contributed by atoms with Crippen molar-refractivity contribution >= 4 is 11.4 Å². The minimum atomic E-state index is 0.148. The second-order valence-electron chi connectivity index (χ2n) is 2.65. The van der Waals surface area contributed by atoms with E-state index in [1.807, 2.05) is 24.1 Å². The number of hydrogen-bond donors (Lipinski definition) is 2. The lowest BCUT2D eigenvalue weighted by Crippen LogP contribution is -2.20. The molecule has 0 heterocycles. The summed E-state index contributed by atoms with van der Waals surface area (Å²) in [6, 6.07) is 8.44. The number of hydrogen-bond acceptors (Lipinski definition) is 3. The van der Waals surface area contributed by atoms with Crippen molar-refractivity contribution in [3.05, 3.63) is 24.3 Å². The van der Waals surface area contributed by atoms with Gasteiger partial charge < -0.3 is 15.7 Å². The number of likely N-dealkylation sites (N-methyl/N-ethyl adjacent to an activating group) is 1. The van der Waals surface area contributed by atoms with Crippen LogP contribution >= 0.6 is 0 Å². The van der Waals surface area contributed by atoms with Gasteiger partial charge in [-0.2, -0.15) is 0 Å². The summed E-state index contributed by atoms with van der Waals surface area (Å²) in [6.45, 7) is 0.759. The number of aliphatic hydroxyl groups is 1. The van der Waals surface area contributed by atoms with Gasteiger partial charge in [-0.1, -0.05) is 0 Å². The topological polar surface area (TPSA) is 49.5 Å². The number of benzene rings is 1. The van der Waals surface area contributed by atoms with Crippen molar-refractivity contribution < 1.29 is 5.11 Å². The lowest BCUT2D eigenvalue weighted by Gasteiger charge is -2.17. The zero-order valence-electron chi connectivity index (χ0n) is 7.12. The van der Waals surface area contributed by atoms with E-state index >= 15 is 0 Å². The highest BCUT2D eigenvalue weighted by atomic mass is 16.3. The first kappa shape index (κ1) is 8.87. The van der Waals surface area contributed by atoms with Crippen LogP contribution in [0.25, 0.3) is 0 Å². The summed E-state index contributed by atoms with van der Waals surface area (Å²) in [7, 11) is 1.90. The molecule has 0 aliphatic rings. The van der Waals surface area contributed by atoms with Gasteiger partial charge in [0, 0.05) is 31.0 Å². The van der Waals surface area contributed by atoms with Gasteiger partial charge in [-0.3, -0.25) is 0 Å². The molecule has 0 bridgehead atoms. The van der Waals surface area contributed by atoms with E-state index in [0.717, 1.165) is 5.69 Å². The fraction of sp³-hybridized carbons (Fsp3) is 0.333. The SMILES string of the molecule is CN(CCO)c1[c]cc(N)cc1. The maximum Gasteiger partial charge on any atom is 0.0606 e. The normalized spacial score (nSPS) is 9.83. The first-order valence-electron chi connectivity index (χ1n) is 3.83. The van der Waals surface area contributed by atoms with Crippen molar-refractivity contribution in [2.24, 2.45) is 0 Å². The molecule has 0 unspecified atom stereocenters. The Hall–Kier alpha value is -1.22. The van der Waals surface area contributed by atoms with Crippen LogP contribution in [0.3, 0.4) is 0 Å². The third-order valence-corrected chi connectivity index (χ3v) is 1.67. The molecule has 0 amide bonds. The Bertz CT molecular complexity index is 233. The van der Waals surface area contributed by atoms with Crippen molar-refractivity contribution in [3.63, 3.8) is 0 Å². The summed E-state index contributed by atoms with van der Waals surface area (Å²) in [5.41, 5.74) is 7.15. The fourth-order valence-electron chi connectivity index (χ4n) is 0.937. The van der Waals surface area contributed by atoms with E-state index in [9.17, 15) is 0 Å². The molecule has 3 heteroatoms. The van der Waals surface area contributed by atoms with Gasteiger partial charge in [-0.25, -0.2) is 0 Å². The van der Waals surface area contributed by atoms with Crippen LogP contribution < -0.4 is 10.6 Å². The lowest BCUT2D eigenvalue weighted by molar-refractivity contribution is 0.304. The molecule has 0 spiro atoms. The second kappa shape index (κ2) is 3.97. The lowest BCUT2D eigenvalue weighted by atomic mass is 10.2. The van der Waals surface area contributed by atoms with E-state index in [1.54, 1.807) is 6.07 Å². The van der Waals surface area contributed by atoms with E-state index in [2.05, 4.69) is 6.07 Å². The average Bonchev–Trinajstić information content (AvgIpc) is 2.06. The molecule has 1 aromatic rings. The number of rotatable bonds is 3. The van der Waals surface area contributed by atoms with Crippen molar-refractivity contribution in [1.29, 1.82) is 0 Å². The molecule has 0 saturated heterocycles. The largest absolute Gasteiger partial charge is 0.399 e. The van der Waals surface area contributed by atoms with Crippen LogP contribution in [0, 0.1) is 6.07 Å². The van der Waals surface area contributed by atoms with Gasteiger partial charge in [0.2, 0.25) is 0 Å². The van der Waals surface area contributed by atoms with Crippen LogP contribution in [0.15, 0.2) is 18.2 Å². The van der Waals surface area contributed by atoms with Gasteiger partial charge >= 0.3 is 0 Å². The highest BCUT2D eigenvalue weighted by molar-refractivity contribution is 5.51. The standard InChI is InChI=1S/C9H13N2O/c1-11(6-7-12)9-4-2-8(10)3-5-9/h2-4,12H,6-7,10H2,1H3. The molecule has 3 nitrogen and oxygen atoms in total. The van der Waals surface area contributed by atoms with E-state index in [4.69, 9.17) is 10.8 Å². The summed E-state index contributed by atoms with van der Waals surface area (Å²) >= 11 is 0. The summed E-state index contributed by atoms with van der Waals surface area (Å²) in [5, 5.41) is 8.67. The van der Waals surface area contributed by atoms with Crippen LogP contribution in [-0.4, -0.2) is 25.3 Å². The summed E-state index contributed by atoms with van der Waals surface area (Å²) in [4.78, 5) is 1.92. The van der Waals surface area contributed by atoms with E-state index in [0.29, 0.717) is 12.2 Å². The molecule has 1 radical (unpaired) electrons. The molecule has 0 aromatic heterocycles. The number of nitrogen functional groups attached to an aromatic ring is 1. The van der Waals surface area contributed by atoms with Crippen LogP contribution in [0.4, 0.5) is 11.4 Å². The second-order valence-corrected chi connectivity index (χ2v) is 2.65. The minimum Gasteiger partial charge on any atom is -0.399 e. The van der Waals surface area contributed by atoms with Crippen molar-refractivity contribution in [3.8, 4) is 0 Å². The molecule has 0 aliphatic carbocycles. The average molecular weight is 165 g/mol. The van der Waals surface area contributed by atoms with Gasteiger partial charge in [0.1, 0.15) is 0 Å². The molecular weight excluding hydrogens is 152 g/mol. The van der Waals surface area contributed by atoms with Gasteiger partial charge in [0.25, 0.3) is 0 Å². The highest BCUT2D eigenvalue weighted by Gasteiger charge is 1.98. The predicted molar refractivity (Wildman–Crippen MR) is 50.0 cm³/mol. The fourth-order valence-corrected chi connectivity index (χ4v) is 0.937. The molecule has 65 valence electrons. The van der Waals surface area contributed by atoms with Gasteiger partial charge in [-0.15, -0.1) is 0 Å². The highest BCUT2D eigenvalue weighted by Crippen LogP contribution is 2.12. The van der Waals surface area contributed by atoms with E-state index < -0.39 is 0 Å². The Morgan fingerprint density at radius 2 is 2.33 bits per heavy atom. The third-order valence-electron chi connectivity index (χ3n) is 1.67. The quantitative estimate of drug-likeness (QED) is 0.641. The number of nitrogens with zero attached hydrogens (tertiary/aromatic N) is 1. The maximum absolute atomic E-state index is 8.67. The Morgan fingerprint density at radius 3 is 2.83 bits per heavy atom. The summed E-state index contributed by atoms with van der Waals surface area (Å²) < 4.78 is 0. The predicted octanol–water partition coefficient (Wildman–Crippen LogP) is 0.497. The van der Waals surface area contributed by atoms with Crippen LogP contribution in [0.1, 0.15) is 0 Å². The smallest absolute Gasteiger partial charge is 0.0606 e. The van der Waals surface area contributed by atoms with Crippen LogP contribution in [-0.2, 0) is 0 Å². The van der Waals surface area contributed by atoms with Gasteiger partial charge in [-0.05, 0) is 18.2 Å². The molecule has 0 aliphatic heterocycles. The molecule has 0 fully saturated rings. The van der Waals surface area contributed by atoms with Gasteiger partial charge in [0.05, 0.1) is 6.61 Å². The van der Waals surface area contributed by atoms with Crippen LogP contribution in [0.5, 0.6) is 0 Å². The minimum absolute atomic E-state index is 0.148. The summed E-state index contributed by atoms with van der Waals surface area (Å²) in [6.07, 6.45) is 0. The Labute approximate surface area is 72.4 Å². The molecule has 3 N–H and O–H groups in total. The number of nitrogens with two attached hydrogens (primary N) is 1. The Kier molecular flexibility index (Phi) is 2.94. The zero-order chi connectivity index (χ0) is 8.97. The Morgan fingerprint density at radius 1 is 1.58 bits per heavy atom. The molecule has 0 saturated carbocycles. The number of aliphatic hydroxyl groups excluding tert-OH is 1. The van der Waals surface area contributed by atoms with E-state index in [-0.39, 0.29) is 6.61 Å². The van der Waals surface area contributed by atoms with Crippen molar-refractivity contribution in [1.82, 2.24) is 0 Å². The third kappa shape index (κ3) is 2.13. The first-order valence-corrected chi connectivity index (χ1v) is 3.83.